The van der Waals surface area contributed by atoms with Crippen molar-refractivity contribution < 1.29 is 36.8 Å². The fourth-order valence-corrected chi connectivity index (χ4v) is 7.65. The molecule has 0 N–H and O–H groups in total. The average Bonchev–Trinajstić information content (AvgIpc) is 3.07. The van der Waals surface area contributed by atoms with Crippen molar-refractivity contribution in [1.82, 2.24) is 4.90 Å². The largest absolute Gasteiger partial charge is 0.465 e. The SMILES string of the molecule is CCOC(=O)CN(CP(=O)(OCc1ccccc1)OCc1ccccc1)CP(=O)(OCc1ccccc1)OCc1ccccc1. The zero-order chi connectivity index (χ0) is 31.8. The smallest absolute Gasteiger partial charge is 0.345 e. The molecule has 0 amide bonds. The lowest BCUT2D eigenvalue weighted by molar-refractivity contribution is -0.144. The summed E-state index contributed by atoms with van der Waals surface area (Å²) in [6, 6.07) is 37.1. The Hall–Kier alpha value is -3.39. The van der Waals surface area contributed by atoms with Crippen LogP contribution in [0.4, 0.5) is 0 Å². The Bertz CT molecular complexity index is 1320. The van der Waals surface area contributed by atoms with Crippen LogP contribution in [0.15, 0.2) is 121 Å². The summed E-state index contributed by atoms with van der Waals surface area (Å²) in [5.41, 5.74) is 3.17. The predicted molar refractivity (Wildman–Crippen MR) is 173 cm³/mol. The number of hydrogen-bond donors (Lipinski definition) is 0. The maximum atomic E-state index is 14.3. The second-order valence-electron chi connectivity index (χ2n) is 10.2. The Morgan fingerprint density at radius 3 is 1.09 bits per heavy atom. The lowest BCUT2D eigenvalue weighted by atomic mass is 10.2. The molecule has 0 saturated heterocycles. The fourth-order valence-electron chi connectivity index (χ4n) is 4.25. The summed E-state index contributed by atoms with van der Waals surface area (Å²) in [7, 11) is -7.87. The lowest BCUT2D eigenvalue weighted by Crippen LogP contribution is -2.34. The van der Waals surface area contributed by atoms with Crippen molar-refractivity contribution >= 4 is 21.2 Å². The third kappa shape index (κ3) is 12.5. The number of rotatable bonds is 19. The van der Waals surface area contributed by atoms with E-state index in [0.29, 0.717) is 0 Å². The molecule has 0 spiro atoms. The van der Waals surface area contributed by atoms with Crippen molar-refractivity contribution in [2.24, 2.45) is 0 Å². The standard InChI is InChI=1S/C34H39NO8P2/c1-2-39-34(36)23-35(28-44(37,40-24-30-15-7-3-8-16-30)41-25-31-17-9-4-10-18-31)29-45(38,42-26-32-19-11-5-12-20-32)43-27-33-21-13-6-14-22-33/h3-22H,2,23-29H2,1H3. The molecule has 0 aliphatic heterocycles. The quantitative estimate of drug-likeness (QED) is 0.0737. The zero-order valence-corrected chi connectivity index (χ0v) is 27.1. The van der Waals surface area contributed by atoms with E-state index in [1.54, 1.807) is 6.92 Å². The second-order valence-corrected chi connectivity index (χ2v) is 14.2. The Balaban J connectivity index is 1.58. The number of hydrogen-bond acceptors (Lipinski definition) is 9. The molecule has 238 valence electrons. The zero-order valence-electron chi connectivity index (χ0n) is 25.3. The van der Waals surface area contributed by atoms with Gasteiger partial charge in [0.2, 0.25) is 0 Å². The summed E-state index contributed by atoms with van der Waals surface area (Å²) in [4.78, 5) is 14.1. The molecule has 4 aromatic carbocycles. The van der Waals surface area contributed by atoms with Crippen molar-refractivity contribution in [3.63, 3.8) is 0 Å². The Morgan fingerprint density at radius 2 is 0.822 bits per heavy atom. The molecular formula is C34H39NO8P2. The number of esters is 1. The molecule has 0 heterocycles. The molecule has 0 aliphatic rings. The van der Waals surface area contributed by atoms with Crippen LogP contribution in [0.5, 0.6) is 0 Å². The van der Waals surface area contributed by atoms with E-state index in [1.165, 1.54) is 4.90 Å². The van der Waals surface area contributed by atoms with Crippen LogP contribution in [0.2, 0.25) is 0 Å². The van der Waals surface area contributed by atoms with Gasteiger partial charge in [-0.2, -0.15) is 0 Å². The van der Waals surface area contributed by atoms with Gasteiger partial charge in [-0.15, -0.1) is 0 Å². The molecule has 9 nitrogen and oxygen atoms in total. The van der Waals surface area contributed by atoms with Crippen LogP contribution in [-0.4, -0.2) is 36.6 Å². The van der Waals surface area contributed by atoms with Gasteiger partial charge >= 0.3 is 21.2 Å². The van der Waals surface area contributed by atoms with Gasteiger partial charge < -0.3 is 22.8 Å². The topological polar surface area (TPSA) is 101 Å². The Labute approximate surface area is 265 Å². The van der Waals surface area contributed by atoms with Gasteiger partial charge in [0.05, 0.1) is 39.6 Å². The summed E-state index contributed by atoms with van der Waals surface area (Å²) < 4.78 is 57.7. The third-order valence-corrected chi connectivity index (χ3v) is 10.1. The van der Waals surface area contributed by atoms with Gasteiger partial charge in [-0.1, -0.05) is 121 Å². The molecule has 0 radical (unpaired) electrons. The first-order valence-electron chi connectivity index (χ1n) is 14.6. The number of ether oxygens (including phenoxy) is 1. The first kappa shape index (κ1) is 34.5. The van der Waals surface area contributed by atoms with Crippen LogP contribution in [0.3, 0.4) is 0 Å². The molecule has 0 unspecified atom stereocenters. The van der Waals surface area contributed by atoms with Crippen LogP contribution >= 0.6 is 15.2 Å². The van der Waals surface area contributed by atoms with Crippen molar-refractivity contribution in [2.75, 3.05) is 25.7 Å². The molecule has 45 heavy (non-hydrogen) atoms. The molecule has 11 heteroatoms. The molecular weight excluding hydrogens is 612 g/mol. The average molecular weight is 652 g/mol. The predicted octanol–water partition coefficient (Wildman–Crippen LogP) is 8.02. The van der Waals surface area contributed by atoms with E-state index in [1.807, 2.05) is 121 Å². The third-order valence-electron chi connectivity index (χ3n) is 6.49. The maximum absolute atomic E-state index is 14.3. The minimum Gasteiger partial charge on any atom is -0.465 e. The van der Waals surface area contributed by atoms with Gasteiger partial charge in [0.1, 0.15) is 12.6 Å². The molecule has 0 aromatic heterocycles. The minimum absolute atomic E-state index is 0.00677. The lowest BCUT2D eigenvalue weighted by Gasteiger charge is -2.29. The first-order chi connectivity index (χ1) is 21.8. The van der Waals surface area contributed by atoms with Gasteiger partial charge in [-0.25, -0.2) is 0 Å². The van der Waals surface area contributed by atoms with E-state index < -0.39 is 21.2 Å². The number of benzene rings is 4. The second kappa shape index (κ2) is 17.9. The van der Waals surface area contributed by atoms with Gasteiger partial charge in [0.25, 0.3) is 0 Å². The number of carbonyl (C=O) groups is 1. The summed E-state index contributed by atoms with van der Waals surface area (Å²) in [5, 5.41) is 0. The van der Waals surface area contributed by atoms with Crippen LogP contribution in [0, 0.1) is 0 Å². The van der Waals surface area contributed by atoms with E-state index in [-0.39, 0.29) is 52.2 Å². The highest BCUT2D eigenvalue weighted by Crippen LogP contribution is 2.54. The number of nitrogens with zero attached hydrogens (tertiary/aromatic N) is 1. The highest BCUT2D eigenvalue weighted by Gasteiger charge is 2.36. The van der Waals surface area contributed by atoms with Crippen molar-refractivity contribution in [3.8, 4) is 0 Å². The molecule has 4 rings (SSSR count). The van der Waals surface area contributed by atoms with Crippen LogP contribution < -0.4 is 0 Å². The highest BCUT2D eigenvalue weighted by atomic mass is 31.2. The van der Waals surface area contributed by atoms with Gasteiger partial charge in [-0.3, -0.25) is 18.8 Å². The van der Waals surface area contributed by atoms with E-state index >= 15 is 0 Å². The van der Waals surface area contributed by atoms with Gasteiger partial charge in [-0.05, 0) is 29.2 Å². The van der Waals surface area contributed by atoms with E-state index in [2.05, 4.69) is 0 Å². The molecule has 0 atom stereocenters. The van der Waals surface area contributed by atoms with Crippen LogP contribution in [0.25, 0.3) is 0 Å². The van der Waals surface area contributed by atoms with Crippen LogP contribution in [-0.2, 0) is 63.2 Å². The number of carbonyl (C=O) groups excluding carboxylic acids is 1. The maximum Gasteiger partial charge on any atom is 0.345 e. The van der Waals surface area contributed by atoms with Crippen molar-refractivity contribution in [2.45, 2.75) is 33.4 Å². The Kier molecular flexibility index (Phi) is 13.7. The fraction of sp³-hybridized carbons (Fsp3) is 0.265. The van der Waals surface area contributed by atoms with Gasteiger partial charge in [0.15, 0.2) is 0 Å². The first-order valence-corrected chi connectivity index (χ1v) is 18.1. The summed E-state index contributed by atoms with van der Waals surface area (Å²) >= 11 is 0. The Morgan fingerprint density at radius 1 is 0.533 bits per heavy atom. The van der Waals surface area contributed by atoms with Gasteiger partial charge in [0, 0.05) is 0 Å². The highest BCUT2D eigenvalue weighted by molar-refractivity contribution is 7.54. The summed E-state index contributed by atoms with van der Waals surface area (Å²) in [6.45, 7) is 1.52. The minimum atomic E-state index is -3.94. The van der Waals surface area contributed by atoms with Crippen molar-refractivity contribution in [1.29, 1.82) is 0 Å². The van der Waals surface area contributed by atoms with E-state index in [4.69, 9.17) is 22.8 Å². The normalized spacial score (nSPS) is 11.9. The molecule has 0 fully saturated rings. The summed E-state index contributed by atoms with van der Waals surface area (Å²) in [6.07, 6.45) is -0.724. The molecule has 0 aliphatic carbocycles. The molecule has 0 bridgehead atoms. The van der Waals surface area contributed by atoms with E-state index in [9.17, 15) is 13.9 Å². The van der Waals surface area contributed by atoms with Crippen LogP contribution in [0.1, 0.15) is 29.2 Å². The van der Waals surface area contributed by atoms with Crippen molar-refractivity contribution in [3.05, 3.63) is 144 Å². The molecule has 4 aromatic rings. The summed E-state index contributed by atoms with van der Waals surface area (Å²) in [5.74, 6) is -0.590. The van der Waals surface area contributed by atoms with E-state index in [0.717, 1.165) is 22.3 Å². The monoisotopic (exact) mass is 651 g/mol. The molecule has 0 saturated carbocycles.